The molecule has 0 aliphatic carbocycles. The molecule has 0 bridgehead atoms. The van der Waals surface area contributed by atoms with Gasteiger partial charge in [0, 0.05) is 0 Å². The largest absolute Gasteiger partial charge is 0.386 e. The highest BCUT2D eigenvalue weighted by Gasteiger charge is 2.15. The van der Waals surface area contributed by atoms with Crippen molar-refractivity contribution in [3.8, 4) is 6.07 Å². The van der Waals surface area contributed by atoms with Crippen molar-refractivity contribution in [3.63, 3.8) is 0 Å². The normalized spacial score (nSPS) is 12.2. The van der Waals surface area contributed by atoms with Crippen molar-refractivity contribution >= 4 is 0 Å². The van der Waals surface area contributed by atoms with E-state index >= 15 is 0 Å². The van der Waals surface area contributed by atoms with E-state index in [4.69, 9.17) is 5.26 Å². The Morgan fingerprint density at radius 1 is 1.25 bits per heavy atom. The molecule has 0 aliphatic heterocycles. The first-order chi connectivity index (χ1) is 11.3. The van der Waals surface area contributed by atoms with Crippen LogP contribution in [0.15, 0.2) is 29.1 Å². The number of hydrogen-bond acceptors (Lipinski definition) is 4. The average molecular weight is 325 g/mol. The average Bonchev–Trinajstić information content (AvgIpc) is 2.53. The Morgan fingerprint density at radius 3 is 2.42 bits per heavy atom. The van der Waals surface area contributed by atoms with Crippen molar-refractivity contribution < 1.29 is 5.11 Å². The molecule has 5 heteroatoms. The van der Waals surface area contributed by atoms with Gasteiger partial charge in [0.05, 0.1) is 18.3 Å². The molecule has 2 rings (SSSR count). The van der Waals surface area contributed by atoms with E-state index in [1.54, 1.807) is 13.8 Å². The third-order valence-corrected chi connectivity index (χ3v) is 4.10. The van der Waals surface area contributed by atoms with Gasteiger partial charge in [0.15, 0.2) is 0 Å². The first kappa shape index (κ1) is 17.9. The van der Waals surface area contributed by atoms with Crippen LogP contribution < -0.4 is 5.56 Å². The molecule has 1 heterocycles. The topological polar surface area (TPSA) is 78.9 Å². The third-order valence-electron chi connectivity index (χ3n) is 4.10. The lowest BCUT2D eigenvalue weighted by atomic mass is 10.0. The molecule has 126 valence electrons. The number of rotatable bonds is 5. The molecule has 0 radical (unpaired) electrons. The van der Waals surface area contributed by atoms with Gasteiger partial charge in [-0.05, 0) is 42.9 Å². The Hall–Kier alpha value is -2.45. The van der Waals surface area contributed by atoms with Crippen molar-refractivity contribution in [1.29, 1.82) is 5.26 Å². The van der Waals surface area contributed by atoms with Crippen LogP contribution in [0.3, 0.4) is 0 Å². The second-order valence-electron chi connectivity index (χ2n) is 6.54. The summed E-state index contributed by atoms with van der Waals surface area (Å²) in [5.74, 6) is 0.573. The molecule has 0 saturated carbocycles. The number of aliphatic hydroxyl groups excluding tert-OH is 1. The van der Waals surface area contributed by atoms with E-state index in [9.17, 15) is 9.90 Å². The Bertz CT molecular complexity index is 814. The number of nitrogens with zero attached hydrogens (tertiary/aromatic N) is 3. The SMILES string of the molecule is Cc1nn(CC(O)c2ccc(CC(C)C)cc2)c(=O)c(C#N)c1C. The van der Waals surface area contributed by atoms with Crippen molar-refractivity contribution in [2.24, 2.45) is 5.92 Å². The van der Waals surface area contributed by atoms with Gasteiger partial charge in [-0.1, -0.05) is 38.1 Å². The standard InChI is InChI=1S/C19H23N3O2/c1-12(2)9-15-5-7-16(8-6-15)18(23)11-22-19(24)17(10-20)13(3)14(4)21-22/h5-8,12,18,23H,9,11H2,1-4H3. The van der Waals surface area contributed by atoms with E-state index in [1.807, 2.05) is 30.3 Å². The molecular weight excluding hydrogens is 302 g/mol. The summed E-state index contributed by atoms with van der Waals surface area (Å²) in [6.07, 6.45) is 0.136. The molecule has 1 aromatic carbocycles. The van der Waals surface area contributed by atoms with Gasteiger partial charge in [0.2, 0.25) is 0 Å². The molecule has 0 aliphatic rings. The minimum absolute atomic E-state index is 0.0260. The van der Waals surface area contributed by atoms with E-state index < -0.39 is 11.7 Å². The summed E-state index contributed by atoms with van der Waals surface area (Å²) in [5.41, 5.74) is 2.78. The third kappa shape index (κ3) is 3.90. The summed E-state index contributed by atoms with van der Waals surface area (Å²) < 4.78 is 1.17. The molecule has 0 fully saturated rings. The van der Waals surface area contributed by atoms with Crippen LogP contribution in [0.1, 0.15) is 47.9 Å². The van der Waals surface area contributed by atoms with E-state index in [1.165, 1.54) is 10.2 Å². The second-order valence-corrected chi connectivity index (χ2v) is 6.54. The van der Waals surface area contributed by atoms with Crippen LogP contribution in [0.5, 0.6) is 0 Å². The summed E-state index contributed by atoms with van der Waals surface area (Å²) in [7, 11) is 0. The summed E-state index contributed by atoms with van der Waals surface area (Å²) in [5, 5.41) is 23.8. The Kier molecular flexibility index (Phi) is 5.53. The fourth-order valence-electron chi connectivity index (χ4n) is 2.64. The number of aliphatic hydroxyl groups is 1. The van der Waals surface area contributed by atoms with E-state index in [-0.39, 0.29) is 12.1 Å². The summed E-state index contributed by atoms with van der Waals surface area (Å²) in [6, 6.07) is 9.67. The smallest absolute Gasteiger partial charge is 0.285 e. The van der Waals surface area contributed by atoms with Crippen molar-refractivity contribution in [1.82, 2.24) is 9.78 Å². The Labute approximate surface area is 142 Å². The predicted molar refractivity (Wildman–Crippen MR) is 92.6 cm³/mol. The highest BCUT2D eigenvalue weighted by molar-refractivity contribution is 5.36. The number of aromatic nitrogens is 2. The lowest BCUT2D eigenvalue weighted by Crippen LogP contribution is -2.29. The second kappa shape index (κ2) is 7.41. The maximum atomic E-state index is 12.3. The van der Waals surface area contributed by atoms with Crippen LogP contribution in [0, 0.1) is 31.1 Å². The minimum Gasteiger partial charge on any atom is -0.386 e. The van der Waals surface area contributed by atoms with E-state index in [2.05, 4.69) is 18.9 Å². The van der Waals surface area contributed by atoms with Gasteiger partial charge in [-0.25, -0.2) is 4.68 Å². The van der Waals surface area contributed by atoms with Gasteiger partial charge in [0.25, 0.3) is 5.56 Å². The van der Waals surface area contributed by atoms with Crippen LogP contribution in [0.4, 0.5) is 0 Å². The van der Waals surface area contributed by atoms with Crippen LogP contribution in [0.2, 0.25) is 0 Å². The van der Waals surface area contributed by atoms with Crippen LogP contribution in [-0.4, -0.2) is 14.9 Å². The fourth-order valence-corrected chi connectivity index (χ4v) is 2.64. The molecule has 1 unspecified atom stereocenters. The quantitative estimate of drug-likeness (QED) is 0.916. The highest BCUT2D eigenvalue weighted by atomic mass is 16.3. The zero-order valence-corrected chi connectivity index (χ0v) is 14.6. The van der Waals surface area contributed by atoms with Crippen molar-refractivity contribution in [3.05, 3.63) is 62.6 Å². The summed E-state index contributed by atoms with van der Waals surface area (Å²) >= 11 is 0. The number of aryl methyl sites for hydroxylation is 1. The molecule has 5 nitrogen and oxygen atoms in total. The summed E-state index contributed by atoms with van der Waals surface area (Å²) in [6.45, 7) is 7.80. The molecule has 1 N–H and O–H groups in total. The zero-order chi connectivity index (χ0) is 17.9. The lowest BCUT2D eigenvalue weighted by Gasteiger charge is -2.15. The maximum Gasteiger partial charge on any atom is 0.285 e. The van der Waals surface area contributed by atoms with E-state index in [0.29, 0.717) is 17.2 Å². The molecule has 0 amide bonds. The first-order valence-electron chi connectivity index (χ1n) is 8.08. The number of hydrogen-bond donors (Lipinski definition) is 1. The fraction of sp³-hybridized carbons (Fsp3) is 0.421. The molecule has 2 aromatic rings. The molecule has 1 atom stereocenters. The lowest BCUT2D eigenvalue weighted by molar-refractivity contribution is 0.149. The molecule has 0 spiro atoms. The van der Waals surface area contributed by atoms with Crippen molar-refractivity contribution in [2.75, 3.05) is 0 Å². The summed E-state index contributed by atoms with van der Waals surface area (Å²) in [4.78, 5) is 12.3. The van der Waals surface area contributed by atoms with E-state index in [0.717, 1.165) is 12.0 Å². The minimum atomic E-state index is -0.850. The van der Waals surface area contributed by atoms with Gasteiger partial charge in [-0.15, -0.1) is 0 Å². The molecule has 1 aromatic heterocycles. The molecule has 0 saturated heterocycles. The van der Waals surface area contributed by atoms with Gasteiger partial charge in [-0.3, -0.25) is 4.79 Å². The van der Waals surface area contributed by atoms with Crippen LogP contribution in [-0.2, 0) is 13.0 Å². The molecule has 24 heavy (non-hydrogen) atoms. The maximum absolute atomic E-state index is 12.3. The van der Waals surface area contributed by atoms with Crippen LogP contribution >= 0.6 is 0 Å². The predicted octanol–water partition coefficient (Wildman–Crippen LogP) is 2.66. The molecular formula is C19H23N3O2. The van der Waals surface area contributed by atoms with Gasteiger partial charge in [0.1, 0.15) is 11.6 Å². The first-order valence-corrected chi connectivity index (χ1v) is 8.08. The van der Waals surface area contributed by atoms with Crippen LogP contribution in [0.25, 0.3) is 0 Å². The van der Waals surface area contributed by atoms with Crippen molar-refractivity contribution in [2.45, 2.75) is 46.8 Å². The zero-order valence-electron chi connectivity index (χ0n) is 14.6. The van der Waals surface area contributed by atoms with Gasteiger partial charge in [-0.2, -0.15) is 10.4 Å². The Balaban J connectivity index is 2.24. The van der Waals surface area contributed by atoms with Gasteiger partial charge >= 0.3 is 0 Å². The number of benzene rings is 1. The number of nitriles is 1. The highest BCUT2D eigenvalue weighted by Crippen LogP contribution is 2.17. The Morgan fingerprint density at radius 2 is 1.88 bits per heavy atom. The monoisotopic (exact) mass is 325 g/mol. The van der Waals surface area contributed by atoms with Gasteiger partial charge < -0.3 is 5.11 Å².